The number of aliphatic hydroxyl groups is 1. The van der Waals surface area contributed by atoms with E-state index < -0.39 is 8.32 Å². The van der Waals surface area contributed by atoms with E-state index in [-0.39, 0.29) is 0 Å². The molecule has 1 saturated carbocycles. The van der Waals surface area contributed by atoms with Crippen LogP contribution in [0.25, 0.3) is 0 Å². The number of rotatable bonds is 4. The molecule has 0 amide bonds. The Hall–Kier alpha value is 0.137. The minimum Gasteiger partial charge on any atom is -0.417 e. The molecule has 0 aliphatic heterocycles. The zero-order valence-electron chi connectivity index (χ0n) is 11.5. The summed E-state index contributed by atoms with van der Waals surface area (Å²) in [5, 5.41) is 9.57. The Labute approximate surface area is 102 Å². The van der Waals surface area contributed by atoms with Crippen molar-refractivity contribution in [3.8, 4) is 0 Å². The predicted octanol–water partition coefficient (Wildman–Crippen LogP) is 3.42. The molecule has 0 radical (unpaired) electrons. The third-order valence-electron chi connectivity index (χ3n) is 4.52. The molecule has 16 heavy (non-hydrogen) atoms. The van der Waals surface area contributed by atoms with Gasteiger partial charge in [-0.15, -0.1) is 0 Å². The fourth-order valence-corrected chi connectivity index (χ4v) is 3.17. The third-order valence-corrected chi connectivity index (χ3v) is 9.02. The van der Waals surface area contributed by atoms with E-state index in [1.54, 1.807) is 0 Å². The molecule has 0 unspecified atom stereocenters. The standard InChI is InChI=1S/C13H28O2Si/c1-13(2,3)16(4,5)15-10-12-8-6-7-11(12)9-14/h11-12,14H,6-10H2,1-5H3/t11-,12+/m0/s1. The molecule has 0 aromatic heterocycles. The summed E-state index contributed by atoms with van der Waals surface area (Å²) in [6.45, 7) is 12.6. The summed E-state index contributed by atoms with van der Waals surface area (Å²) in [6.07, 6.45) is 3.68. The molecule has 96 valence electrons. The summed E-state index contributed by atoms with van der Waals surface area (Å²) in [4.78, 5) is 0. The van der Waals surface area contributed by atoms with Crippen LogP contribution in [0.4, 0.5) is 0 Å². The van der Waals surface area contributed by atoms with Crippen molar-refractivity contribution in [2.75, 3.05) is 13.2 Å². The maximum absolute atomic E-state index is 9.28. The minimum absolute atomic E-state index is 0.292. The van der Waals surface area contributed by atoms with E-state index in [0.29, 0.717) is 23.5 Å². The van der Waals surface area contributed by atoms with Crippen LogP contribution in [0.5, 0.6) is 0 Å². The normalized spacial score (nSPS) is 27.4. The predicted molar refractivity (Wildman–Crippen MR) is 71.1 cm³/mol. The van der Waals surface area contributed by atoms with Gasteiger partial charge in [-0.25, -0.2) is 0 Å². The van der Waals surface area contributed by atoms with Gasteiger partial charge in [0.05, 0.1) is 0 Å². The van der Waals surface area contributed by atoms with E-state index in [9.17, 15) is 5.11 Å². The van der Waals surface area contributed by atoms with Crippen LogP contribution in [0, 0.1) is 11.8 Å². The second kappa shape index (κ2) is 5.19. The van der Waals surface area contributed by atoms with Gasteiger partial charge in [0.1, 0.15) is 0 Å². The van der Waals surface area contributed by atoms with Crippen molar-refractivity contribution in [2.45, 2.75) is 58.2 Å². The van der Waals surface area contributed by atoms with Crippen LogP contribution in [0.3, 0.4) is 0 Å². The number of aliphatic hydroxyl groups excluding tert-OH is 1. The first-order valence-corrected chi connectivity index (χ1v) is 9.43. The van der Waals surface area contributed by atoms with E-state index in [1.807, 2.05) is 0 Å². The van der Waals surface area contributed by atoms with Gasteiger partial charge < -0.3 is 9.53 Å². The molecule has 1 rings (SSSR count). The molecule has 2 atom stereocenters. The maximum atomic E-state index is 9.28. The molecule has 0 spiro atoms. The van der Waals surface area contributed by atoms with Crippen molar-refractivity contribution in [2.24, 2.45) is 11.8 Å². The highest BCUT2D eigenvalue weighted by molar-refractivity contribution is 6.74. The second-order valence-electron chi connectivity index (χ2n) is 6.70. The molecule has 3 heteroatoms. The smallest absolute Gasteiger partial charge is 0.191 e. The fourth-order valence-electron chi connectivity index (χ4n) is 2.11. The van der Waals surface area contributed by atoms with Crippen LogP contribution in [0.1, 0.15) is 40.0 Å². The van der Waals surface area contributed by atoms with Crippen molar-refractivity contribution < 1.29 is 9.53 Å². The Balaban J connectivity index is 2.45. The van der Waals surface area contributed by atoms with Crippen molar-refractivity contribution in [1.82, 2.24) is 0 Å². The molecule has 1 aliphatic rings. The van der Waals surface area contributed by atoms with Crippen LogP contribution >= 0.6 is 0 Å². The van der Waals surface area contributed by atoms with Gasteiger partial charge in [0.15, 0.2) is 8.32 Å². The van der Waals surface area contributed by atoms with Gasteiger partial charge in [-0.2, -0.15) is 0 Å². The molecule has 1 N–H and O–H groups in total. The number of hydrogen-bond donors (Lipinski definition) is 1. The first kappa shape index (κ1) is 14.2. The zero-order chi connectivity index (χ0) is 12.4. The Morgan fingerprint density at radius 2 is 1.75 bits per heavy atom. The van der Waals surface area contributed by atoms with E-state index >= 15 is 0 Å². The molecular formula is C13H28O2Si. The van der Waals surface area contributed by atoms with Gasteiger partial charge in [-0.1, -0.05) is 27.2 Å². The highest BCUT2D eigenvalue weighted by atomic mass is 28.4. The minimum atomic E-state index is -1.60. The van der Waals surface area contributed by atoms with E-state index in [1.165, 1.54) is 19.3 Å². The number of hydrogen-bond acceptors (Lipinski definition) is 2. The highest BCUT2D eigenvalue weighted by Crippen LogP contribution is 2.38. The summed E-state index contributed by atoms with van der Waals surface area (Å²) >= 11 is 0. The molecule has 2 nitrogen and oxygen atoms in total. The Morgan fingerprint density at radius 1 is 1.19 bits per heavy atom. The quantitative estimate of drug-likeness (QED) is 0.768. The maximum Gasteiger partial charge on any atom is 0.191 e. The molecule has 0 aromatic rings. The van der Waals surface area contributed by atoms with E-state index in [4.69, 9.17) is 4.43 Å². The summed E-state index contributed by atoms with van der Waals surface area (Å²) in [5.41, 5.74) is 0. The lowest BCUT2D eigenvalue weighted by atomic mass is 9.98. The molecule has 0 heterocycles. The summed E-state index contributed by atoms with van der Waals surface area (Å²) < 4.78 is 6.24. The van der Waals surface area contributed by atoms with Crippen LogP contribution in [-0.4, -0.2) is 26.6 Å². The van der Waals surface area contributed by atoms with Crippen LogP contribution in [0.15, 0.2) is 0 Å². The van der Waals surface area contributed by atoms with Crippen molar-refractivity contribution in [3.05, 3.63) is 0 Å². The molecule has 0 bridgehead atoms. The van der Waals surface area contributed by atoms with Crippen LogP contribution in [0.2, 0.25) is 18.1 Å². The van der Waals surface area contributed by atoms with Crippen LogP contribution in [-0.2, 0) is 4.43 Å². The second-order valence-corrected chi connectivity index (χ2v) is 11.5. The molecule has 1 fully saturated rings. The average Bonchev–Trinajstić information content (AvgIpc) is 2.60. The Bertz CT molecular complexity index is 220. The van der Waals surface area contributed by atoms with Gasteiger partial charge in [0, 0.05) is 13.2 Å². The van der Waals surface area contributed by atoms with Crippen molar-refractivity contribution in [1.29, 1.82) is 0 Å². The van der Waals surface area contributed by atoms with Crippen molar-refractivity contribution >= 4 is 8.32 Å². The first-order valence-electron chi connectivity index (χ1n) is 6.53. The lowest BCUT2D eigenvalue weighted by Crippen LogP contribution is -2.42. The van der Waals surface area contributed by atoms with Gasteiger partial charge in [-0.05, 0) is 42.8 Å². The summed E-state index contributed by atoms with van der Waals surface area (Å²) in [6, 6.07) is 0. The van der Waals surface area contributed by atoms with E-state index in [0.717, 1.165) is 6.61 Å². The van der Waals surface area contributed by atoms with E-state index in [2.05, 4.69) is 33.9 Å². The SMILES string of the molecule is CC(C)(C)[Si](C)(C)OC[C@H]1CCC[C@H]1CO. The Morgan fingerprint density at radius 3 is 2.25 bits per heavy atom. The van der Waals surface area contributed by atoms with Gasteiger partial charge >= 0.3 is 0 Å². The Kier molecular flexibility index (Phi) is 4.61. The van der Waals surface area contributed by atoms with Crippen LogP contribution < -0.4 is 0 Å². The largest absolute Gasteiger partial charge is 0.417 e. The average molecular weight is 244 g/mol. The monoisotopic (exact) mass is 244 g/mol. The summed E-state index contributed by atoms with van der Waals surface area (Å²) in [7, 11) is -1.60. The molecular weight excluding hydrogens is 216 g/mol. The van der Waals surface area contributed by atoms with Gasteiger partial charge in [-0.3, -0.25) is 0 Å². The molecule has 1 aliphatic carbocycles. The summed E-state index contributed by atoms with van der Waals surface area (Å²) in [5.74, 6) is 1.09. The lowest BCUT2D eigenvalue weighted by molar-refractivity contribution is 0.144. The zero-order valence-corrected chi connectivity index (χ0v) is 12.5. The topological polar surface area (TPSA) is 29.5 Å². The first-order chi connectivity index (χ1) is 7.28. The fraction of sp³-hybridized carbons (Fsp3) is 1.00. The molecule has 0 aromatic carbocycles. The van der Waals surface area contributed by atoms with Gasteiger partial charge in [0.2, 0.25) is 0 Å². The highest BCUT2D eigenvalue weighted by Gasteiger charge is 2.38. The lowest BCUT2D eigenvalue weighted by Gasteiger charge is -2.37. The van der Waals surface area contributed by atoms with Crippen molar-refractivity contribution in [3.63, 3.8) is 0 Å². The molecule has 0 saturated heterocycles. The third kappa shape index (κ3) is 3.31. The van der Waals surface area contributed by atoms with Gasteiger partial charge in [0.25, 0.3) is 0 Å².